The van der Waals surface area contributed by atoms with E-state index in [1.807, 2.05) is 30.3 Å². The molecule has 1 heterocycles. The topological polar surface area (TPSA) is 64.3 Å². The molecule has 1 N–H and O–H groups in total. The number of nitrogens with zero attached hydrogens (tertiary/aromatic N) is 2. The van der Waals surface area contributed by atoms with Gasteiger partial charge in [-0.2, -0.15) is 13.2 Å². The number of aromatic carboxylic acids is 1. The second-order valence-electron chi connectivity index (χ2n) is 5.60. The molecule has 0 saturated carbocycles. The summed E-state index contributed by atoms with van der Waals surface area (Å²) in [7, 11) is 0. The molecular formula is C18H15F3N2O3. The van der Waals surface area contributed by atoms with Gasteiger partial charge in [-0.3, -0.25) is 0 Å². The molecule has 2 aromatic carbocycles. The van der Waals surface area contributed by atoms with Crippen LogP contribution in [0, 0.1) is 0 Å². The highest BCUT2D eigenvalue weighted by Crippen LogP contribution is 2.32. The van der Waals surface area contributed by atoms with Crippen molar-refractivity contribution >= 4 is 17.0 Å². The molecule has 8 heteroatoms. The summed E-state index contributed by atoms with van der Waals surface area (Å²) < 4.78 is 46.4. The van der Waals surface area contributed by atoms with Crippen molar-refractivity contribution in [1.82, 2.24) is 9.55 Å². The van der Waals surface area contributed by atoms with Gasteiger partial charge in [-0.15, -0.1) is 0 Å². The van der Waals surface area contributed by atoms with Crippen LogP contribution >= 0.6 is 0 Å². The van der Waals surface area contributed by atoms with E-state index in [1.165, 1.54) is 18.2 Å². The summed E-state index contributed by atoms with van der Waals surface area (Å²) >= 11 is 0. The second kappa shape index (κ2) is 7.17. The number of imidazole rings is 1. The lowest BCUT2D eigenvalue weighted by Crippen LogP contribution is -2.17. The average Bonchev–Trinajstić information content (AvgIpc) is 2.98. The van der Waals surface area contributed by atoms with Crippen LogP contribution in [0.5, 0.6) is 0 Å². The van der Waals surface area contributed by atoms with Gasteiger partial charge in [0.15, 0.2) is 0 Å². The molecule has 0 unspecified atom stereocenters. The lowest BCUT2D eigenvalue weighted by Gasteiger charge is -2.12. The van der Waals surface area contributed by atoms with Gasteiger partial charge in [0.25, 0.3) is 0 Å². The minimum Gasteiger partial charge on any atom is -0.478 e. The summed E-state index contributed by atoms with van der Waals surface area (Å²) in [5.41, 5.74) is 0.570. The molecule has 1 aromatic heterocycles. The number of carboxylic acid groups (broad SMARTS) is 1. The zero-order valence-corrected chi connectivity index (χ0v) is 13.5. The molecule has 0 saturated heterocycles. The predicted octanol–water partition coefficient (Wildman–Crippen LogP) is 3.97. The van der Waals surface area contributed by atoms with Crippen molar-refractivity contribution in [3.63, 3.8) is 0 Å². The van der Waals surface area contributed by atoms with E-state index in [-0.39, 0.29) is 36.4 Å². The Hall–Kier alpha value is -2.87. The SMILES string of the molecule is O=C(O)c1cccc2c1nc(C(F)(F)F)n2CCOCc1ccccc1. The van der Waals surface area contributed by atoms with Gasteiger partial charge in [-0.1, -0.05) is 36.4 Å². The number of carbonyl (C=O) groups is 1. The Morgan fingerprint density at radius 2 is 1.85 bits per heavy atom. The molecule has 0 radical (unpaired) electrons. The molecule has 0 aliphatic rings. The zero-order chi connectivity index (χ0) is 18.7. The molecule has 136 valence electrons. The van der Waals surface area contributed by atoms with E-state index < -0.39 is 18.0 Å². The maximum Gasteiger partial charge on any atom is 0.449 e. The Bertz CT molecular complexity index is 921. The highest BCUT2D eigenvalue weighted by Gasteiger charge is 2.38. The van der Waals surface area contributed by atoms with E-state index in [2.05, 4.69) is 4.98 Å². The largest absolute Gasteiger partial charge is 0.478 e. The van der Waals surface area contributed by atoms with E-state index in [9.17, 15) is 23.1 Å². The number of carboxylic acids is 1. The van der Waals surface area contributed by atoms with Crippen LogP contribution in [0.2, 0.25) is 0 Å². The van der Waals surface area contributed by atoms with Crippen LogP contribution in [0.15, 0.2) is 48.5 Å². The third-order valence-corrected chi connectivity index (χ3v) is 3.83. The quantitative estimate of drug-likeness (QED) is 0.672. The number of para-hydroxylation sites is 1. The Morgan fingerprint density at radius 3 is 2.50 bits per heavy atom. The molecule has 0 aliphatic carbocycles. The molecular weight excluding hydrogens is 349 g/mol. The summed E-state index contributed by atoms with van der Waals surface area (Å²) in [5, 5.41) is 9.17. The first-order valence-corrected chi connectivity index (χ1v) is 7.79. The number of alkyl halides is 3. The van der Waals surface area contributed by atoms with Gasteiger partial charge in [0.1, 0.15) is 5.52 Å². The number of hydrogen-bond acceptors (Lipinski definition) is 3. The summed E-state index contributed by atoms with van der Waals surface area (Å²) in [6.07, 6.45) is -4.70. The van der Waals surface area contributed by atoms with E-state index in [0.717, 1.165) is 10.1 Å². The Balaban J connectivity index is 1.86. The molecule has 0 fully saturated rings. The van der Waals surface area contributed by atoms with Gasteiger partial charge in [-0.05, 0) is 17.7 Å². The molecule has 3 aromatic rings. The van der Waals surface area contributed by atoms with E-state index in [0.29, 0.717) is 0 Å². The number of ether oxygens (including phenoxy) is 1. The number of benzene rings is 2. The summed E-state index contributed by atoms with van der Waals surface area (Å²) in [6, 6.07) is 13.3. The molecule has 0 aliphatic heterocycles. The molecule has 0 amide bonds. The van der Waals surface area contributed by atoms with Crippen LogP contribution in [-0.4, -0.2) is 27.2 Å². The van der Waals surface area contributed by atoms with Crippen molar-refractivity contribution in [1.29, 1.82) is 0 Å². The maximum absolute atomic E-state index is 13.3. The van der Waals surface area contributed by atoms with Crippen LogP contribution in [-0.2, 0) is 24.1 Å². The first-order valence-electron chi connectivity index (χ1n) is 7.79. The Morgan fingerprint density at radius 1 is 1.12 bits per heavy atom. The van der Waals surface area contributed by atoms with Crippen molar-refractivity contribution < 1.29 is 27.8 Å². The first-order chi connectivity index (χ1) is 12.4. The van der Waals surface area contributed by atoms with E-state index >= 15 is 0 Å². The van der Waals surface area contributed by atoms with Gasteiger partial charge in [0, 0.05) is 6.54 Å². The third kappa shape index (κ3) is 3.70. The van der Waals surface area contributed by atoms with E-state index in [1.54, 1.807) is 0 Å². The van der Waals surface area contributed by atoms with Crippen molar-refractivity contribution in [3.8, 4) is 0 Å². The van der Waals surface area contributed by atoms with Crippen LogP contribution in [0.1, 0.15) is 21.7 Å². The zero-order valence-electron chi connectivity index (χ0n) is 13.5. The van der Waals surface area contributed by atoms with Crippen molar-refractivity contribution in [2.45, 2.75) is 19.3 Å². The lowest BCUT2D eigenvalue weighted by atomic mass is 10.2. The van der Waals surface area contributed by atoms with E-state index in [4.69, 9.17) is 4.74 Å². The van der Waals surface area contributed by atoms with Gasteiger partial charge < -0.3 is 14.4 Å². The summed E-state index contributed by atoms with van der Waals surface area (Å²) in [5.74, 6) is -2.46. The summed E-state index contributed by atoms with van der Waals surface area (Å²) in [6.45, 7) is 0.206. The van der Waals surface area contributed by atoms with Gasteiger partial charge in [-0.25, -0.2) is 9.78 Å². The van der Waals surface area contributed by atoms with Crippen LogP contribution < -0.4 is 0 Å². The van der Waals surface area contributed by atoms with Crippen LogP contribution in [0.4, 0.5) is 13.2 Å². The fourth-order valence-electron chi connectivity index (χ4n) is 2.68. The standard InChI is InChI=1S/C18H15F3N2O3/c19-18(20,21)17-22-15-13(16(24)25)7-4-8-14(15)23(17)9-10-26-11-12-5-2-1-3-6-12/h1-8H,9-11H2,(H,24,25). The highest BCUT2D eigenvalue weighted by molar-refractivity contribution is 6.01. The third-order valence-electron chi connectivity index (χ3n) is 3.83. The number of aromatic nitrogens is 2. The van der Waals surface area contributed by atoms with Crippen molar-refractivity contribution in [3.05, 3.63) is 65.5 Å². The number of rotatable bonds is 6. The fraction of sp³-hybridized carbons (Fsp3) is 0.222. The Labute approximate surface area is 146 Å². The predicted molar refractivity (Wildman–Crippen MR) is 87.8 cm³/mol. The average molecular weight is 364 g/mol. The van der Waals surface area contributed by atoms with Crippen molar-refractivity contribution in [2.24, 2.45) is 0 Å². The number of fused-ring (bicyclic) bond motifs is 1. The maximum atomic E-state index is 13.3. The molecule has 3 rings (SSSR count). The minimum absolute atomic E-state index is 0.0285. The fourth-order valence-corrected chi connectivity index (χ4v) is 2.68. The molecule has 5 nitrogen and oxygen atoms in total. The molecule has 0 bridgehead atoms. The number of halogens is 3. The van der Waals surface area contributed by atoms with Crippen molar-refractivity contribution in [2.75, 3.05) is 6.61 Å². The molecule has 26 heavy (non-hydrogen) atoms. The Kier molecular flexibility index (Phi) is 4.94. The first kappa shape index (κ1) is 17.9. The monoisotopic (exact) mass is 364 g/mol. The van der Waals surface area contributed by atoms with Crippen LogP contribution in [0.3, 0.4) is 0 Å². The molecule has 0 spiro atoms. The van der Waals surface area contributed by atoms with Crippen LogP contribution in [0.25, 0.3) is 11.0 Å². The lowest BCUT2D eigenvalue weighted by molar-refractivity contribution is -0.147. The molecule has 0 atom stereocenters. The number of hydrogen-bond donors (Lipinski definition) is 1. The highest BCUT2D eigenvalue weighted by atomic mass is 19.4. The smallest absolute Gasteiger partial charge is 0.449 e. The normalized spacial score (nSPS) is 11.8. The van der Waals surface area contributed by atoms with Gasteiger partial charge in [0.2, 0.25) is 5.82 Å². The minimum atomic E-state index is -4.70. The second-order valence-corrected chi connectivity index (χ2v) is 5.60. The van der Waals surface area contributed by atoms with Gasteiger partial charge in [0.05, 0.1) is 24.3 Å². The summed E-state index contributed by atoms with van der Waals surface area (Å²) in [4.78, 5) is 14.8. The van der Waals surface area contributed by atoms with Gasteiger partial charge >= 0.3 is 12.1 Å².